The van der Waals surface area contributed by atoms with Crippen molar-refractivity contribution in [3.63, 3.8) is 0 Å². The summed E-state index contributed by atoms with van der Waals surface area (Å²) in [5, 5.41) is 6.09. The van der Waals surface area contributed by atoms with Crippen LogP contribution in [0.4, 0.5) is 5.95 Å². The molecule has 2 rings (SSSR count). The quantitative estimate of drug-likeness (QED) is 0.909. The molecule has 0 spiro atoms. The topological polar surface area (TPSA) is 66.9 Å². The number of aryl methyl sites for hydroxylation is 2. The maximum atomic E-state index is 12.2. The second kappa shape index (κ2) is 6.77. The number of amides is 1. The number of hydrogen-bond donors (Lipinski definition) is 2. The number of carbonyl (C=O) groups excluding carboxylic acids is 1. The second-order valence-corrected chi connectivity index (χ2v) is 6.76. The Bertz CT molecular complexity index is 687. The molecule has 5 heteroatoms. The van der Waals surface area contributed by atoms with Gasteiger partial charge >= 0.3 is 0 Å². The lowest BCUT2D eigenvalue weighted by Gasteiger charge is -2.20. The fraction of sp³-hybridized carbons (Fsp3) is 0.389. The fourth-order valence-corrected chi connectivity index (χ4v) is 2.06. The van der Waals surface area contributed by atoms with E-state index in [2.05, 4.69) is 51.8 Å². The molecule has 2 N–H and O–H groups in total. The number of anilines is 1. The van der Waals surface area contributed by atoms with Crippen LogP contribution >= 0.6 is 0 Å². The lowest BCUT2D eigenvalue weighted by Crippen LogP contribution is -2.41. The van der Waals surface area contributed by atoms with Crippen molar-refractivity contribution in [2.45, 2.75) is 46.7 Å². The van der Waals surface area contributed by atoms with Gasteiger partial charge in [0, 0.05) is 17.8 Å². The Balaban J connectivity index is 2.10. The summed E-state index contributed by atoms with van der Waals surface area (Å²) < 4.78 is 0. The summed E-state index contributed by atoms with van der Waals surface area (Å²) in [5.41, 5.74) is 3.19. The van der Waals surface area contributed by atoms with E-state index in [9.17, 15) is 4.79 Å². The van der Waals surface area contributed by atoms with Crippen molar-refractivity contribution in [1.82, 2.24) is 15.3 Å². The Labute approximate surface area is 137 Å². The van der Waals surface area contributed by atoms with Crippen LogP contribution in [0.5, 0.6) is 0 Å². The van der Waals surface area contributed by atoms with Gasteiger partial charge in [0.25, 0.3) is 5.91 Å². The fourth-order valence-electron chi connectivity index (χ4n) is 2.06. The predicted molar refractivity (Wildman–Crippen MR) is 92.5 cm³/mol. The van der Waals surface area contributed by atoms with Crippen LogP contribution in [0.1, 0.15) is 48.1 Å². The third kappa shape index (κ3) is 5.36. The predicted octanol–water partition coefficient (Wildman–Crippen LogP) is 3.23. The number of nitrogens with zero attached hydrogens (tertiary/aromatic N) is 2. The minimum atomic E-state index is -0.300. The largest absolute Gasteiger partial charge is 0.350 e. The Hall–Kier alpha value is -2.43. The van der Waals surface area contributed by atoms with Crippen molar-refractivity contribution in [2.75, 3.05) is 5.32 Å². The smallest absolute Gasteiger partial charge is 0.270 e. The van der Waals surface area contributed by atoms with Crippen molar-refractivity contribution in [3.8, 4) is 0 Å². The van der Waals surface area contributed by atoms with Crippen LogP contribution in [0.3, 0.4) is 0 Å². The monoisotopic (exact) mass is 312 g/mol. The van der Waals surface area contributed by atoms with Crippen LogP contribution in [-0.4, -0.2) is 21.4 Å². The highest BCUT2D eigenvalue weighted by Crippen LogP contribution is 2.10. The highest BCUT2D eigenvalue weighted by molar-refractivity contribution is 5.93. The molecule has 0 saturated carbocycles. The molecular weight excluding hydrogens is 288 g/mol. The van der Waals surface area contributed by atoms with Gasteiger partial charge in [-0.25, -0.2) is 9.97 Å². The molecule has 0 bridgehead atoms. The summed E-state index contributed by atoms with van der Waals surface area (Å²) in [5.74, 6) is 0.269. The van der Waals surface area contributed by atoms with Gasteiger partial charge < -0.3 is 10.6 Å². The van der Waals surface area contributed by atoms with Gasteiger partial charge in [-0.2, -0.15) is 0 Å². The first-order chi connectivity index (χ1) is 10.7. The van der Waals surface area contributed by atoms with E-state index in [0.29, 0.717) is 18.2 Å². The zero-order chi connectivity index (χ0) is 17.0. The molecule has 0 fully saturated rings. The molecule has 0 radical (unpaired) electrons. The minimum absolute atomic E-state index is 0.193. The molecule has 0 aliphatic rings. The molecule has 0 atom stereocenters. The first kappa shape index (κ1) is 16.9. The van der Waals surface area contributed by atoms with Crippen molar-refractivity contribution >= 4 is 11.9 Å². The summed E-state index contributed by atoms with van der Waals surface area (Å²) in [6, 6.07) is 9.95. The highest BCUT2D eigenvalue weighted by atomic mass is 16.2. The van der Waals surface area contributed by atoms with Gasteiger partial charge in [0.1, 0.15) is 5.69 Å². The lowest BCUT2D eigenvalue weighted by molar-refractivity contribution is 0.0914. The van der Waals surface area contributed by atoms with Crippen molar-refractivity contribution < 1.29 is 4.79 Å². The average molecular weight is 312 g/mol. The first-order valence-electron chi connectivity index (χ1n) is 7.70. The van der Waals surface area contributed by atoms with E-state index in [1.165, 1.54) is 5.56 Å². The van der Waals surface area contributed by atoms with Crippen LogP contribution in [0, 0.1) is 13.8 Å². The molecule has 0 aliphatic carbocycles. The van der Waals surface area contributed by atoms with E-state index in [-0.39, 0.29) is 11.4 Å². The van der Waals surface area contributed by atoms with E-state index in [1.807, 2.05) is 27.7 Å². The molecular formula is C18H24N4O. The van der Waals surface area contributed by atoms with E-state index < -0.39 is 0 Å². The van der Waals surface area contributed by atoms with Gasteiger partial charge in [-0.1, -0.05) is 29.8 Å². The molecule has 23 heavy (non-hydrogen) atoms. The normalized spacial score (nSPS) is 11.2. The van der Waals surface area contributed by atoms with Crippen molar-refractivity contribution in [1.29, 1.82) is 0 Å². The van der Waals surface area contributed by atoms with Crippen LogP contribution < -0.4 is 10.6 Å². The molecule has 2 aromatic rings. The van der Waals surface area contributed by atoms with Crippen LogP contribution in [0.25, 0.3) is 0 Å². The van der Waals surface area contributed by atoms with Gasteiger partial charge in [0.15, 0.2) is 0 Å². The SMILES string of the molecule is Cc1ccc(CNc2nc(C)cc(C(=O)NC(C)(C)C)n2)cc1. The summed E-state index contributed by atoms with van der Waals surface area (Å²) in [6.45, 7) is 10.3. The lowest BCUT2D eigenvalue weighted by atomic mass is 10.1. The summed E-state index contributed by atoms with van der Waals surface area (Å²) >= 11 is 0. The van der Waals surface area contributed by atoms with Gasteiger partial charge in [-0.15, -0.1) is 0 Å². The highest BCUT2D eigenvalue weighted by Gasteiger charge is 2.17. The third-order valence-corrected chi connectivity index (χ3v) is 3.15. The van der Waals surface area contributed by atoms with Crippen molar-refractivity contribution in [3.05, 3.63) is 52.8 Å². The molecule has 0 aliphatic heterocycles. The summed E-state index contributed by atoms with van der Waals surface area (Å²) in [7, 11) is 0. The van der Waals surface area contributed by atoms with E-state index in [0.717, 1.165) is 11.3 Å². The third-order valence-electron chi connectivity index (χ3n) is 3.15. The number of carbonyl (C=O) groups is 1. The van der Waals surface area contributed by atoms with E-state index >= 15 is 0 Å². The molecule has 1 aromatic carbocycles. The summed E-state index contributed by atoms with van der Waals surface area (Å²) in [4.78, 5) is 20.9. The number of rotatable bonds is 4. The van der Waals surface area contributed by atoms with Gasteiger partial charge in [0.2, 0.25) is 5.95 Å². The Morgan fingerprint density at radius 3 is 2.35 bits per heavy atom. The molecule has 1 aromatic heterocycles. The van der Waals surface area contributed by atoms with Crippen LogP contribution in [0.15, 0.2) is 30.3 Å². The number of nitrogens with one attached hydrogen (secondary N) is 2. The van der Waals surface area contributed by atoms with Crippen LogP contribution in [-0.2, 0) is 6.54 Å². The van der Waals surface area contributed by atoms with E-state index in [4.69, 9.17) is 0 Å². The molecule has 0 saturated heterocycles. The standard InChI is InChI=1S/C18H24N4O/c1-12-6-8-14(9-7-12)11-19-17-20-13(2)10-15(21-17)16(23)22-18(3,4)5/h6-10H,11H2,1-5H3,(H,22,23)(H,19,20,21). The van der Waals surface area contributed by atoms with Crippen molar-refractivity contribution in [2.24, 2.45) is 0 Å². The number of benzene rings is 1. The molecule has 0 unspecified atom stereocenters. The Morgan fingerprint density at radius 1 is 1.09 bits per heavy atom. The first-order valence-corrected chi connectivity index (χ1v) is 7.70. The zero-order valence-electron chi connectivity index (χ0n) is 14.4. The Kier molecular flexibility index (Phi) is 4.98. The van der Waals surface area contributed by atoms with Gasteiger partial charge in [-0.05, 0) is 46.2 Å². The Morgan fingerprint density at radius 2 is 1.74 bits per heavy atom. The number of hydrogen-bond acceptors (Lipinski definition) is 4. The maximum absolute atomic E-state index is 12.2. The van der Waals surface area contributed by atoms with Crippen LogP contribution in [0.2, 0.25) is 0 Å². The minimum Gasteiger partial charge on any atom is -0.350 e. The van der Waals surface area contributed by atoms with E-state index in [1.54, 1.807) is 6.07 Å². The van der Waals surface area contributed by atoms with Gasteiger partial charge in [-0.3, -0.25) is 4.79 Å². The average Bonchev–Trinajstić information content (AvgIpc) is 2.44. The molecule has 122 valence electrons. The maximum Gasteiger partial charge on any atom is 0.270 e. The van der Waals surface area contributed by atoms with Gasteiger partial charge in [0.05, 0.1) is 0 Å². The molecule has 5 nitrogen and oxygen atoms in total. The molecule has 1 amide bonds. The molecule has 1 heterocycles. The summed E-state index contributed by atoms with van der Waals surface area (Å²) in [6.07, 6.45) is 0. The second-order valence-electron chi connectivity index (χ2n) is 6.76. The zero-order valence-corrected chi connectivity index (χ0v) is 14.4. The number of aromatic nitrogens is 2.